The number of benzene rings is 1. The van der Waals surface area contributed by atoms with Gasteiger partial charge in [-0.15, -0.1) is 0 Å². The van der Waals surface area contributed by atoms with Gasteiger partial charge in [0.2, 0.25) is 5.91 Å². The Kier molecular flexibility index (Phi) is 5.31. The van der Waals surface area contributed by atoms with Crippen LogP contribution in [0, 0.1) is 0 Å². The van der Waals surface area contributed by atoms with Crippen molar-refractivity contribution in [3.8, 4) is 5.75 Å². The van der Waals surface area contributed by atoms with E-state index in [1.54, 1.807) is 25.1 Å². The quantitative estimate of drug-likeness (QED) is 0.642. The number of rotatable bonds is 5. The Labute approximate surface area is 141 Å². The van der Waals surface area contributed by atoms with Gasteiger partial charge in [-0.3, -0.25) is 4.79 Å². The number of aromatic nitrogens is 1. The molecule has 1 amide bonds. The van der Waals surface area contributed by atoms with E-state index in [2.05, 4.69) is 14.5 Å². The molecule has 25 heavy (non-hydrogen) atoms. The summed E-state index contributed by atoms with van der Waals surface area (Å²) >= 11 is 0. The number of anilines is 1. The topological polar surface area (TPSA) is 85.4 Å². The molecule has 2 rings (SSSR count). The zero-order valence-electron chi connectivity index (χ0n) is 12.8. The van der Waals surface area contributed by atoms with Crippen molar-refractivity contribution in [1.29, 1.82) is 0 Å². The molecule has 0 saturated carbocycles. The first-order chi connectivity index (χ1) is 11.6. The molecule has 0 saturated heterocycles. The Morgan fingerprint density at radius 1 is 1.16 bits per heavy atom. The van der Waals surface area contributed by atoms with Crippen molar-refractivity contribution in [2.24, 2.45) is 0 Å². The molecule has 1 atom stereocenters. The Balaban J connectivity index is 2.07. The fourth-order valence-corrected chi connectivity index (χ4v) is 2.27. The third kappa shape index (κ3) is 4.69. The Bertz CT molecular complexity index is 837. The predicted octanol–water partition coefficient (Wildman–Crippen LogP) is 3.05. The molecular formula is C15H13F3N2O4S. The van der Waals surface area contributed by atoms with Crippen LogP contribution in [-0.4, -0.2) is 24.8 Å². The lowest BCUT2D eigenvalue weighted by Crippen LogP contribution is -2.28. The minimum atomic E-state index is -5.73. The fraction of sp³-hybridized carbons (Fsp3) is 0.200. The van der Waals surface area contributed by atoms with Gasteiger partial charge in [-0.1, -0.05) is 18.2 Å². The average Bonchev–Trinajstić information content (AvgIpc) is 2.54. The largest absolute Gasteiger partial charge is 0.534 e. The molecule has 0 spiro atoms. The fourth-order valence-electron chi connectivity index (χ4n) is 1.81. The lowest BCUT2D eigenvalue weighted by atomic mass is 10.0. The average molecular weight is 374 g/mol. The van der Waals surface area contributed by atoms with E-state index < -0.39 is 27.3 Å². The zero-order chi connectivity index (χ0) is 18.7. The molecular weight excluding hydrogens is 361 g/mol. The summed E-state index contributed by atoms with van der Waals surface area (Å²) in [6.45, 7) is 1.58. The molecule has 0 aliphatic carbocycles. The summed E-state index contributed by atoms with van der Waals surface area (Å²) in [7, 11) is -5.73. The van der Waals surface area contributed by atoms with Gasteiger partial charge in [0.05, 0.1) is 5.92 Å². The van der Waals surface area contributed by atoms with Gasteiger partial charge in [0.15, 0.2) is 0 Å². The van der Waals surface area contributed by atoms with Gasteiger partial charge in [0, 0.05) is 6.20 Å². The highest BCUT2D eigenvalue weighted by Crippen LogP contribution is 2.28. The Hall–Kier alpha value is -2.62. The highest BCUT2D eigenvalue weighted by atomic mass is 32.2. The number of hydrogen-bond donors (Lipinski definition) is 1. The van der Waals surface area contributed by atoms with Crippen LogP contribution in [0.5, 0.6) is 5.75 Å². The molecule has 0 radical (unpaired) electrons. The summed E-state index contributed by atoms with van der Waals surface area (Å²) in [4.78, 5) is 16.1. The van der Waals surface area contributed by atoms with Crippen LogP contribution in [-0.2, 0) is 14.9 Å². The van der Waals surface area contributed by atoms with E-state index in [0.29, 0.717) is 11.4 Å². The monoisotopic (exact) mass is 374 g/mol. The first kappa shape index (κ1) is 18.7. The highest BCUT2D eigenvalue weighted by Gasteiger charge is 2.48. The maximum absolute atomic E-state index is 12.3. The van der Waals surface area contributed by atoms with Crippen molar-refractivity contribution in [3.05, 3.63) is 54.2 Å². The minimum Gasteiger partial charge on any atom is -0.376 e. The summed E-state index contributed by atoms with van der Waals surface area (Å²) in [5.74, 6) is -1.17. The third-order valence-electron chi connectivity index (χ3n) is 3.18. The van der Waals surface area contributed by atoms with Crippen molar-refractivity contribution < 1.29 is 30.6 Å². The van der Waals surface area contributed by atoms with Crippen LogP contribution < -0.4 is 9.50 Å². The number of carbonyl (C=O) groups excluding carboxylic acids is 1. The normalized spacial score (nSPS) is 13.1. The first-order valence-corrected chi connectivity index (χ1v) is 8.33. The molecule has 1 heterocycles. The molecule has 0 unspecified atom stereocenters. The van der Waals surface area contributed by atoms with Crippen molar-refractivity contribution in [2.45, 2.75) is 18.3 Å². The van der Waals surface area contributed by atoms with Crippen molar-refractivity contribution >= 4 is 21.8 Å². The molecule has 1 aromatic carbocycles. The molecule has 6 nitrogen and oxygen atoms in total. The highest BCUT2D eigenvalue weighted by molar-refractivity contribution is 7.88. The molecule has 0 aliphatic rings. The van der Waals surface area contributed by atoms with Crippen LogP contribution in [0.4, 0.5) is 19.0 Å². The van der Waals surface area contributed by atoms with E-state index in [4.69, 9.17) is 0 Å². The molecule has 0 bridgehead atoms. The smallest absolute Gasteiger partial charge is 0.376 e. The van der Waals surface area contributed by atoms with Crippen LogP contribution in [0.1, 0.15) is 18.4 Å². The van der Waals surface area contributed by atoms with Crippen molar-refractivity contribution in [1.82, 2.24) is 4.98 Å². The maximum atomic E-state index is 12.3. The molecule has 0 fully saturated rings. The number of alkyl halides is 3. The van der Waals surface area contributed by atoms with Crippen molar-refractivity contribution in [3.63, 3.8) is 0 Å². The molecule has 2 aromatic rings. The van der Waals surface area contributed by atoms with Crippen LogP contribution in [0.2, 0.25) is 0 Å². The first-order valence-electron chi connectivity index (χ1n) is 6.93. The summed E-state index contributed by atoms with van der Waals surface area (Å²) < 4.78 is 62.7. The summed E-state index contributed by atoms with van der Waals surface area (Å²) in [5.41, 5.74) is -5.05. The van der Waals surface area contributed by atoms with E-state index in [1.165, 1.54) is 18.3 Å². The van der Waals surface area contributed by atoms with Gasteiger partial charge in [-0.05, 0) is 36.8 Å². The van der Waals surface area contributed by atoms with E-state index in [0.717, 1.165) is 12.1 Å². The summed E-state index contributed by atoms with van der Waals surface area (Å²) in [6, 6.07) is 9.69. The predicted molar refractivity (Wildman–Crippen MR) is 83.3 cm³/mol. The van der Waals surface area contributed by atoms with E-state index in [-0.39, 0.29) is 5.91 Å². The molecule has 10 heteroatoms. The van der Waals surface area contributed by atoms with E-state index in [9.17, 15) is 26.4 Å². The summed E-state index contributed by atoms with van der Waals surface area (Å²) in [6.07, 6.45) is 1.51. The Morgan fingerprint density at radius 3 is 2.32 bits per heavy atom. The van der Waals surface area contributed by atoms with Gasteiger partial charge in [-0.25, -0.2) is 4.98 Å². The number of pyridine rings is 1. The maximum Gasteiger partial charge on any atom is 0.534 e. The van der Waals surface area contributed by atoms with Crippen LogP contribution >= 0.6 is 0 Å². The number of hydrogen-bond acceptors (Lipinski definition) is 5. The molecule has 0 aliphatic heterocycles. The number of carbonyl (C=O) groups is 1. The number of amides is 1. The molecule has 1 N–H and O–H groups in total. The SMILES string of the molecule is C[C@@H](C(=O)Nc1ccccn1)c1ccc(OS(=O)(=O)C(F)(F)F)cc1. The second-order valence-electron chi connectivity index (χ2n) is 4.98. The van der Waals surface area contributed by atoms with Crippen LogP contribution in [0.25, 0.3) is 0 Å². The van der Waals surface area contributed by atoms with E-state index in [1.807, 2.05) is 0 Å². The zero-order valence-corrected chi connectivity index (χ0v) is 13.6. The second kappa shape index (κ2) is 7.09. The van der Waals surface area contributed by atoms with Gasteiger partial charge >= 0.3 is 15.6 Å². The number of nitrogens with one attached hydrogen (secondary N) is 1. The third-order valence-corrected chi connectivity index (χ3v) is 4.16. The number of halogens is 3. The minimum absolute atomic E-state index is 0.357. The van der Waals surface area contributed by atoms with Gasteiger partial charge in [0.25, 0.3) is 0 Å². The molecule has 1 aromatic heterocycles. The van der Waals surface area contributed by atoms with Gasteiger partial charge in [0.1, 0.15) is 11.6 Å². The van der Waals surface area contributed by atoms with Gasteiger partial charge < -0.3 is 9.50 Å². The molecule has 134 valence electrons. The van der Waals surface area contributed by atoms with Crippen LogP contribution in [0.3, 0.4) is 0 Å². The second-order valence-corrected chi connectivity index (χ2v) is 6.52. The van der Waals surface area contributed by atoms with Gasteiger partial charge in [-0.2, -0.15) is 21.6 Å². The van der Waals surface area contributed by atoms with Crippen LogP contribution in [0.15, 0.2) is 48.7 Å². The standard InChI is InChI=1S/C15H13F3N2O4S/c1-10(14(21)20-13-4-2-3-9-19-13)11-5-7-12(8-6-11)24-25(22,23)15(16,17)18/h2-10H,1H3,(H,19,20,21)/t10-/m1/s1. The number of nitrogens with zero attached hydrogens (tertiary/aromatic N) is 1. The Morgan fingerprint density at radius 2 is 1.80 bits per heavy atom. The lowest BCUT2D eigenvalue weighted by Gasteiger charge is -2.13. The van der Waals surface area contributed by atoms with E-state index >= 15 is 0 Å². The van der Waals surface area contributed by atoms with Crippen molar-refractivity contribution in [2.75, 3.05) is 5.32 Å². The summed E-state index contributed by atoms with van der Waals surface area (Å²) in [5, 5.41) is 2.59. The lowest BCUT2D eigenvalue weighted by molar-refractivity contribution is -0.117.